The third kappa shape index (κ3) is 2.63. The molecule has 2 bridgehead atoms. The Kier molecular flexibility index (Phi) is 4.20. The second-order valence-electron chi connectivity index (χ2n) is 7.78. The van der Waals surface area contributed by atoms with Gasteiger partial charge in [0.05, 0.1) is 6.26 Å². The maximum atomic E-state index is 12.1. The third-order valence-corrected chi connectivity index (χ3v) is 6.46. The lowest BCUT2D eigenvalue weighted by atomic mass is 9.68. The lowest BCUT2D eigenvalue weighted by molar-refractivity contribution is -0.262. The van der Waals surface area contributed by atoms with Crippen molar-refractivity contribution in [2.24, 2.45) is 16.7 Å². The third-order valence-electron chi connectivity index (χ3n) is 6.46. The molecule has 2 aliphatic rings. The van der Waals surface area contributed by atoms with Crippen LogP contribution in [0.3, 0.4) is 0 Å². The molecule has 0 aromatic heterocycles. The number of rotatable bonds is 5. The van der Waals surface area contributed by atoms with E-state index in [1.54, 1.807) is 6.08 Å². The summed E-state index contributed by atoms with van der Waals surface area (Å²) < 4.78 is 10.7. The van der Waals surface area contributed by atoms with Gasteiger partial charge in [-0.25, -0.2) is 4.79 Å². The van der Waals surface area contributed by atoms with Crippen molar-refractivity contribution in [1.82, 2.24) is 0 Å². The van der Waals surface area contributed by atoms with Crippen LogP contribution in [0.4, 0.5) is 0 Å². The van der Waals surface area contributed by atoms with Crippen LogP contribution in [0.2, 0.25) is 0 Å². The minimum absolute atomic E-state index is 0.0316. The van der Waals surface area contributed by atoms with E-state index in [0.29, 0.717) is 12.3 Å². The van der Waals surface area contributed by atoms with Gasteiger partial charge >= 0.3 is 5.97 Å². The van der Waals surface area contributed by atoms with Gasteiger partial charge in [-0.2, -0.15) is 0 Å². The molecule has 0 amide bonds. The van der Waals surface area contributed by atoms with Crippen LogP contribution in [0.15, 0.2) is 36.6 Å². The van der Waals surface area contributed by atoms with Crippen molar-refractivity contribution in [2.45, 2.75) is 45.8 Å². The maximum absolute atomic E-state index is 12.1. The zero-order chi connectivity index (χ0) is 17.4. The molecule has 1 aromatic rings. The Balaban J connectivity index is 1.55. The number of hydrogen-bond donors (Lipinski definition) is 1. The van der Waals surface area contributed by atoms with E-state index in [4.69, 9.17) is 9.47 Å². The number of hydrogen-bond acceptors (Lipinski definition) is 4. The van der Waals surface area contributed by atoms with E-state index in [-0.39, 0.29) is 12.0 Å². The van der Waals surface area contributed by atoms with E-state index in [9.17, 15) is 9.90 Å². The average molecular weight is 330 g/mol. The molecule has 3 atom stereocenters. The van der Waals surface area contributed by atoms with Gasteiger partial charge < -0.3 is 14.6 Å². The van der Waals surface area contributed by atoms with Gasteiger partial charge in [-0.3, -0.25) is 0 Å². The first-order chi connectivity index (χ1) is 11.3. The van der Waals surface area contributed by atoms with Crippen LogP contribution in [-0.2, 0) is 14.3 Å². The van der Waals surface area contributed by atoms with Gasteiger partial charge in [0.2, 0.25) is 5.79 Å². The van der Waals surface area contributed by atoms with E-state index in [0.717, 1.165) is 18.4 Å². The predicted molar refractivity (Wildman–Crippen MR) is 91.7 cm³/mol. The summed E-state index contributed by atoms with van der Waals surface area (Å²) in [5.41, 5.74) is 0.558. The molecule has 0 spiro atoms. The minimum Gasteiger partial charge on any atom is -0.489 e. The quantitative estimate of drug-likeness (QED) is 0.507. The Labute approximate surface area is 143 Å². The Bertz CT molecular complexity index is 636. The fraction of sp³-hybridized carbons (Fsp3) is 0.550. The summed E-state index contributed by atoms with van der Waals surface area (Å²) in [4.78, 5) is 12.1. The first-order valence-corrected chi connectivity index (χ1v) is 8.56. The van der Waals surface area contributed by atoms with Crippen molar-refractivity contribution < 1.29 is 19.4 Å². The average Bonchev–Trinajstić information content (AvgIpc) is 2.84. The molecule has 130 valence electrons. The standard InChI is InChI=1S/C20H26O4/c1-18(2)16-9-11-19(18,3)20(22,13-16)24-17(21)14-23-12-10-15-7-5-4-6-8-15/h4-8,10,12,16,22H,9,11,13-14H2,1-3H3. The number of aliphatic hydroxyl groups is 1. The fourth-order valence-corrected chi connectivity index (χ4v) is 4.39. The lowest BCUT2D eigenvalue weighted by Gasteiger charge is -2.43. The number of benzene rings is 1. The molecule has 4 heteroatoms. The SMILES string of the molecule is CC1(C)C2CCC1(C)C(O)(OC(=O)COC=Cc1ccccc1)C2. The van der Waals surface area contributed by atoms with Crippen molar-refractivity contribution in [3.63, 3.8) is 0 Å². The van der Waals surface area contributed by atoms with E-state index < -0.39 is 17.2 Å². The fourth-order valence-electron chi connectivity index (χ4n) is 4.39. The zero-order valence-electron chi connectivity index (χ0n) is 14.6. The molecule has 0 heterocycles. The van der Waals surface area contributed by atoms with E-state index in [2.05, 4.69) is 13.8 Å². The van der Waals surface area contributed by atoms with Crippen molar-refractivity contribution in [2.75, 3.05) is 6.61 Å². The number of ether oxygens (including phenoxy) is 2. The van der Waals surface area contributed by atoms with E-state index in [1.165, 1.54) is 6.26 Å². The van der Waals surface area contributed by atoms with Crippen molar-refractivity contribution in [3.8, 4) is 0 Å². The topological polar surface area (TPSA) is 55.8 Å². The molecule has 2 saturated carbocycles. The molecular formula is C20H26O4. The molecule has 4 nitrogen and oxygen atoms in total. The van der Waals surface area contributed by atoms with Gasteiger partial charge in [-0.05, 0) is 35.8 Å². The van der Waals surface area contributed by atoms with Crippen LogP contribution in [0.5, 0.6) is 0 Å². The summed E-state index contributed by atoms with van der Waals surface area (Å²) in [6.07, 6.45) is 5.74. The highest BCUT2D eigenvalue weighted by Gasteiger charge is 2.70. The second-order valence-corrected chi connectivity index (χ2v) is 7.78. The first-order valence-electron chi connectivity index (χ1n) is 8.56. The summed E-state index contributed by atoms with van der Waals surface area (Å²) in [6.45, 7) is 6.15. The molecule has 0 saturated heterocycles. The lowest BCUT2D eigenvalue weighted by Crippen LogP contribution is -2.50. The van der Waals surface area contributed by atoms with Crippen molar-refractivity contribution in [3.05, 3.63) is 42.2 Å². The number of fused-ring (bicyclic) bond motifs is 2. The van der Waals surface area contributed by atoms with Gasteiger partial charge in [-0.1, -0.05) is 51.1 Å². The Hall–Kier alpha value is -1.81. The second kappa shape index (κ2) is 5.92. The normalized spacial score (nSPS) is 33.8. The van der Waals surface area contributed by atoms with Crippen LogP contribution in [0.25, 0.3) is 6.08 Å². The largest absolute Gasteiger partial charge is 0.489 e. The van der Waals surface area contributed by atoms with Crippen LogP contribution >= 0.6 is 0 Å². The molecule has 2 fully saturated rings. The van der Waals surface area contributed by atoms with Gasteiger partial charge in [-0.15, -0.1) is 0 Å². The molecular weight excluding hydrogens is 304 g/mol. The van der Waals surface area contributed by atoms with E-state index >= 15 is 0 Å². The van der Waals surface area contributed by atoms with Crippen LogP contribution in [0, 0.1) is 16.7 Å². The summed E-state index contributed by atoms with van der Waals surface area (Å²) in [7, 11) is 0. The minimum atomic E-state index is -1.39. The van der Waals surface area contributed by atoms with E-state index in [1.807, 2.05) is 37.3 Å². The van der Waals surface area contributed by atoms with Crippen LogP contribution in [0.1, 0.15) is 45.6 Å². The molecule has 1 aromatic carbocycles. The molecule has 1 N–H and O–H groups in total. The van der Waals surface area contributed by atoms with Crippen molar-refractivity contribution in [1.29, 1.82) is 0 Å². The van der Waals surface area contributed by atoms with Gasteiger partial charge in [0.15, 0.2) is 6.61 Å². The van der Waals surface area contributed by atoms with Crippen molar-refractivity contribution >= 4 is 12.0 Å². The summed E-state index contributed by atoms with van der Waals surface area (Å²) in [5.74, 6) is -1.53. The van der Waals surface area contributed by atoms with Crippen LogP contribution < -0.4 is 0 Å². The summed E-state index contributed by atoms with van der Waals surface area (Å²) in [6, 6.07) is 9.69. The highest BCUT2D eigenvalue weighted by atomic mass is 16.7. The van der Waals surface area contributed by atoms with Gasteiger partial charge in [0.25, 0.3) is 0 Å². The highest BCUT2D eigenvalue weighted by Crippen LogP contribution is 2.69. The Morgan fingerprint density at radius 1 is 1.29 bits per heavy atom. The predicted octanol–water partition coefficient (Wildman–Crippen LogP) is 3.75. The molecule has 3 rings (SSSR count). The number of carbonyl (C=O) groups is 1. The zero-order valence-corrected chi connectivity index (χ0v) is 14.6. The Morgan fingerprint density at radius 3 is 2.58 bits per heavy atom. The maximum Gasteiger partial charge on any atom is 0.346 e. The molecule has 0 aliphatic heterocycles. The monoisotopic (exact) mass is 330 g/mol. The molecule has 24 heavy (non-hydrogen) atoms. The number of esters is 1. The van der Waals surface area contributed by atoms with Crippen LogP contribution in [-0.4, -0.2) is 23.5 Å². The molecule has 0 radical (unpaired) electrons. The van der Waals surface area contributed by atoms with Gasteiger partial charge in [0.1, 0.15) is 0 Å². The van der Waals surface area contributed by atoms with Gasteiger partial charge in [0, 0.05) is 11.8 Å². The number of carbonyl (C=O) groups excluding carboxylic acids is 1. The summed E-state index contributed by atoms with van der Waals surface area (Å²) >= 11 is 0. The summed E-state index contributed by atoms with van der Waals surface area (Å²) in [5, 5.41) is 11.0. The molecule has 3 unspecified atom stereocenters. The molecule has 2 aliphatic carbocycles. The Morgan fingerprint density at radius 2 is 2.00 bits per heavy atom. The first kappa shape index (κ1) is 17.0. The smallest absolute Gasteiger partial charge is 0.346 e. The highest BCUT2D eigenvalue weighted by molar-refractivity contribution is 5.71.